The third kappa shape index (κ3) is 7.94. The molecule has 0 aliphatic heterocycles. The van der Waals surface area contributed by atoms with E-state index in [2.05, 4.69) is 10.3 Å². The maximum Gasteiger partial charge on any atom is 0.420 e. The maximum atomic E-state index is 14.0. The van der Waals surface area contributed by atoms with Crippen LogP contribution in [-0.2, 0) is 22.3 Å². The van der Waals surface area contributed by atoms with E-state index < -0.39 is 23.6 Å². The van der Waals surface area contributed by atoms with E-state index in [9.17, 15) is 27.9 Å². The molecular formula is C29H28F3N3O4. The summed E-state index contributed by atoms with van der Waals surface area (Å²) in [6, 6.07) is 7.25. The Morgan fingerprint density at radius 1 is 1.15 bits per heavy atom. The molecule has 1 amide bonds. The van der Waals surface area contributed by atoms with E-state index in [4.69, 9.17) is 10.2 Å². The monoisotopic (exact) mass is 539 g/mol. The highest BCUT2D eigenvalue weighted by Crippen LogP contribution is 2.38. The zero-order chi connectivity index (χ0) is 28.6. The summed E-state index contributed by atoms with van der Waals surface area (Å²) in [7, 11) is 0. The summed E-state index contributed by atoms with van der Waals surface area (Å²) in [5, 5.41) is 12.1. The van der Waals surface area contributed by atoms with E-state index >= 15 is 0 Å². The number of carboxylic acid groups (broad SMARTS) is 1. The summed E-state index contributed by atoms with van der Waals surface area (Å²) in [5.41, 5.74) is 5.58. The zero-order valence-electron chi connectivity index (χ0n) is 21.4. The number of aliphatic carboxylic acids is 1. The molecule has 4 N–H and O–H groups in total. The van der Waals surface area contributed by atoms with E-state index in [0.29, 0.717) is 23.4 Å². The Labute approximate surface area is 223 Å². The molecule has 2 aromatic heterocycles. The molecule has 2 heterocycles. The number of rotatable bonds is 10. The molecule has 3 rings (SSSR count). The van der Waals surface area contributed by atoms with Crippen LogP contribution in [0.15, 0.2) is 76.9 Å². The van der Waals surface area contributed by atoms with Crippen LogP contribution < -0.4 is 11.1 Å². The summed E-state index contributed by atoms with van der Waals surface area (Å²) in [6.07, 6.45) is 6.91. The number of aromatic nitrogens is 1. The van der Waals surface area contributed by atoms with Crippen LogP contribution in [0.3, 0.4) is 0 Å². The molecule has 0 unspecified atom stereocenters. The van der Waals surface area contributed by atoms with Gasteiger partial charge < -0.3 is 20.6 Å². The van der Waals surface area contributed by atoms with Crippen molar-refractivity contribution >= 4 is 40.3 Å². The number of anilines is 1. The Bertz CT molecular complexity index is 1460. The Balaban J connectivity index is 1.91. The normalized spacial score (nSPS) is 13.1. The largest absolute Gasteiger partial charge is 0.478 e. The molecule has 0 spiro atoms. The number of hydrogen-bond donors (Lipinski definition) is 3. The van der Waals surface area contributed by atoms with Crippen molar-refractivity contribution in [2.45, 2.75) is 39.4 Å². The van der Waals surface area contributed by atoms with Crippen molar-refractivity contribution in [1.82, 2.24) is 10.3 Å². The van der Waals surface area contributed by atoms with Gasteiger partial charge >= 0.3 is 12.1 Å². The molecule has 0 saturated heterocycles. The first-order chi connectivity index (χ1) is 18.5. The predicted molar refractivity (Wildman–Crippen MR) is 144 cm³/mol. The van der Waals surface area contributed by atoms with Gasteiger partial charge in [-0.3, -0.25) is 4.79 Å². The number of benzene rings is 1. The van der Waals surface area contributed by atoms with E-state index in [1.807, 2.05) is 6.92 Å². The van der Waals surface area contributed by atoms with Crippen molar-refractivity contribution in [3.63, 3.8) is 0 Å². The van der Waals surface area contributed by atoms with Gasteiger partial charge in [-0.2, -0.15) is 13.2 Å². The van der Waals surface area contributed by atoms with Crippen molar-refractivity contribution in [3.8, 4) is 0 Å². The number of hydrogen-bond acceptors (Lipinski definition) is 5. The molecule has 1 aromatic carbocycles. The molecule has 204 valence electrons. The quantitative estimate of drug-likeness (QED) is 0.199. The number of fused-ring (bicyclic) bond motifs is 1. The number of furan rings is 1. The van der Waals surface area contributed by atoms with Crippen LogP contribution in [-0.4, -0.2) is 22.0 Å². The Morgan fingerprint density at radius 3 is 2.54 bits per heavy atom. The summed E-state index contributed by atoms with van der Waals surface area (Å²) in [6.45, 7) is 3.36. The number of nitrogens with zero attached hydrogens (tertiary/aromatic N) is 1. The first kappa shape index (κ1) is 29.0. The van der Waals surface area contributed by atoms with Gasteiger partial charge in [0.1, 0.15) is 17.2 Å². The van der Waals surface area contributed by atoms with E-state index in [-0.39, 0.29) is 34.4 Å². The van der Waals surface area contributed by atoms with Gasteiger partial charge in [0.2, 0.25) is 5.91 Å². The molecular weight excluding hydrogens is 511 g/mol. The molecule has 39 heavy (non-hydrogen) atoms. The van der Waals surface area contributed by atoms with Gasteiger partial charge in [0.25, 0.3) is 0 Å². The zero-order valence-corrected chi connectivity index (χ0v) is 21.4. The number of carbonyl (C=O) groups is 2. The molecule has 0 aliphatic rings. The van der Waals surface area contributed by atoms with Crippen LogP contribution in [0.2, 0.25) is 0 Å². The van der Waals surface area contributed by atoms with Crippen LogP contribution in [0.4, 0.5) is 19.0 Å². The highest BCUT2D eigenvalue weighted by molar-refractivity contribution is 5.93. The lowest BCUT2D eigenvalue weighted by molar-refractivity contribution is -0.137. The molecule has 0 atom stereocenters. The Hall–Kier alpha value is -4.60. The van der Waals surface area contributed by atoms with Crippen molar-refractivity contribution < 1.29 is 32.3 Å². The average molecular weight is 540 g/mol. The fourth-order valence-electron chi connectivity index (χ4n) is 3.64. The lowest BCUT2D eigenvalue weighted by Gasteiger charge is -2.11. The number of nitrogen functional groups attached to an aromatic ring is 1. The predicted octanol–water partition coefficient (Wildman–Crippen LogP) is 6.53. The van der Waals surface area contributed by atoms with Gasteiger partial charge in [-0.25, -0.2) is 9.78 Å². The average Bonchev–Trinajstić information content (AvgIpc) is 3.30. The summed E-state index contributed by atoms with van der Waals surface area (Å²) >= 11 is 0. The standard InChI is InChI=1S/C29H28F3N3O4/c1-3-5-6-20(10-9-19(4-2)28(37)38)21-13-22-14-23(39-27(22)24(15-21)29(30,31)32)17-35-26(36)12-8-18-7-11-25(33)34-16-18/h4,6-16H,3,5,17H2,1-2H3,(H2,33,34)(H,35,36)(H,37,38). The number of nitrogens with one attached hydrogen (secondary N) is 1. The second kappa shape index (κ2) is 12.8. The second-order valence-electron chi connectivity index (χ2n) is 8.55. The number of carbonyl (C=O) groups excluding carboxylic acids is 1. The Kier molecular flexibility index (Phi) is 9.48. The summed E-state index contributed by atoms with van der Waals surface area (Å²) < 4.78 is 47.6. The topological polar surface area (TPSA) is 118 Å². The molecule has 0 radical (unpaired) electrons. The molecule has 0 saturated carbocycles. The van der Waals surface area contributed by atoms with Crippen LogP contribution in [0.5, 0.6) is 0 Å². The number of allylic oxidation sites excluding steroid dienone is 4. The van der Waals surface area contributed by atoms with Gasteiger partial charge in [0.05, 0.1) is 17.7 Å². The first-order valence-electron chi connectivity index (χ1n) is 12.1. The number of halogens is 3. The SMILES string of the molecule is CC=C(C=CC(=CCCC)c1cc(C(F)(F)F)c2oc(CNC(=O)C=Cc3ccc(N)nc3)cc2c1)C(=O)O. The second-order valence-corrected chi connectivity index (χ2v) is 8.55. The van der Waals surface area contributed by atoms with Gasteiger partial charge in [-0.1, -0.05) is 31.6 Å². The van der Waals surface area contributed by atoms with Gasteiger partial charge in [-0.05, 0) is 72.5 Å². The molecule has 3 aromatic rings. The number of amides is 1. The lowest BCUT2D eigenvalue weighted by atomic mass is 9.98. The first-order valence-corrected chi connectivity index (χ1v) is 12.1. The Morgan fingerprint density at radius 2 is 1.92 bits per heavy atom. The number of unbranched alkanes of at least 4 members (excludes halogenated alkanes) is 1. The van der Waals surface area contributed by atoms with Crippen LogP contribution >= 0.6 is 0 Å². The minimum absolute atomic E-state index is 0.0116. The van der Waals surface area contributed by atoms with E-state index in [1.165, 1.54) is 42.6 Å². The minimum Gasteiger partial charge on any atom is -0.478 e. The fourth-order valence-corrected chi connectivity index (χ4v) is 3.64. The lowest BCUT2D eigenvalue weighted by Crippen LogP contribution is -2.19. The van der Waals surface area contributed by atoms with Crippen LogP contribution in [0.25, 0.3) is 22.6 Å². The van der Waals surface area contributed by atoms with Crippen LogP contribution in [0, 0.1) is 0 Å². The molecule has 0 bridgehead atoms. The number of alkyl halides is 3. The third-order valence-electron chi connectivity index (χ3n) is 5.63. The van der Waals surface area contributed by atoms with Crippen molar-refractivity contribution in [2.75, 3.05) is 5.73 Å². The number of nitrogens with two attached hydrogens (primary N) is 1. The van der Waals surface area contributed by atoms with Gasteiger partial charge in [0, 0.05) is 17.7 Å². The minimum atomic E-state index is -4.71. The van der Waals surface area contributed by atoms with Crippen LogP contribution in [0.1, 0.15) is 49.1 Å². The smallest absolute Gasteiger partial charge is 0.420 e. The van der Waals surface area contributed by atoms with Crippen molar-refractivity contribution in [2.24, 2.45) is 0 Å². The van der Waals surface area contributed by atoms with Crippen molar-refractivity contribution in [1.29, 1.82) is 0 Å². The highest BCUT2D eigenvalue weighted by Gasteiger charge is 2.35. The van der Waals surface area contributed by atoms with Gasteiger partial charge in [-0.15, -0.1) is 0 Å². The van der Waals surface area contributed by atoms with E-state index in [0.717, 1.165) is 12.5 Å². The fraction of sp³-hybridized carbons (Fsp3) is 0.207. The maximum absolute atomic E-state index is 14.0. The highest BCUT2D eigenvalue weighted by atomic mass is 19.4. The summed E-state index contributed by atoms with van der Waals surface area (Å²) in [5.74, 6) is -1.14. The van der Waals surface area contributed by atoms with E-state index in [1.54, 1.807) is 31.2 Å². The third-order valence-corrected chi connectivity index (χ3v) is 5.63. The molecule has 0 aliphatic carbocycles. The van der Waals surface area contributed by atoms with Gasteiger partial charge in [0.15, 0.2) is 0 Å². The molecule has 7 nitrogen and oxygen atoms in total. The molecule has 0 fully saturated rings. The number of pyridine rings is 1. The van der Waals surface area contributed by atoms with Crippen molar-refractivity contribution in [3.05, 3.63) is 94.9 Å². The number of carboxylic acids is 1. The summed E-state index contributed by atoms with van der Waals surface area (Å²) in [4.78, 5) is 27.5. The molecule has 10 heteroatoms.